The van der Waals surface area contributed by atoms with Gasteiger partial charge in [0.25, 0.3) is 0 Å². The van der Waals surface area contributed by atoms with Crippen LogP contribution in [0.2, 0.25) is 0 Å². The largest absolute Gasteiger partial charge is 0.391 e. The van der Waals surface area contributed by atoms with E-state index in [1.54, 1.807) is 13.0 Å². The van der Waals surface area contributed by atoms with Crippen molar-refractivity contribution in [2.45, 2.75) is 64.0 Å². The van der Waals surface area contributed by atoms with Crippen LogP contribution < -0.4 is 4.90 Å². The van der Waals surface area contributed by atoms with Gasteiger partial charge in [-0.15, -0.1) is 0 Å². The zero-order valence-electron chi connectivity index (χ0n) is 18.1. The second kappa shape index (κ2) is 9.64. The number of carbonyl (C=O) groups excluding carboxylic acids is 2. The molecule has 4 rings (SSSR count). The summed E-state index contributed by atoms with van der Waals surface area (Å²) in [4.78, 5) is 29.5. The van der Waals surface area contributed by atoms with Crippen LogP contribution in [0.1, 0.15) is 49.1 Å². The standard InChI is InChI=1S/C24H31N3O4/c1-17-13-21(31-25-17)15-24(30)27-16-20(28)14-22(27)23(29)10-7-18-5-8-19(9-6-18)26-11-3-2-4-12-26/h5-6,8-9,13,20,22,28H,2-4,7,10-12,14-16H2,1H3/t20-,22+/m1/s1. The third kappa shape index (κ3) is 5.34. The van der Waals surface area contributed by atoms with Crippen LogP contribution in [0, 0.1) is 6.92 Å². The molecule has 1 aromatic carbocycles. The number of hydrogen-bond acceptors (Lipinski definition) is 6. The van der Waals surface area contributed by atoms with Crippen LogP contribution in [0.3, 0.4) is 0 Å². The number of anilines is 1. The highest BCUT2D eigenvalue weighted by molar-refractivity contribution is 5.90. The molecule has 0 saturated carbocycles. The summed E-state index contributed by atoms with van der Waals surface area (Å²) in [7, 11) is 0. The quantitative estimate of drug-likeness (QED) is 0.734. The molecule has 0 aliphatic carbocycles. The van der Waals surface area contributed by atoms with Crippen LogP contribution in [-0.4, -0.2) is 58.6 Å². The fourth-order valence-electron chi connectivity index (χ4n) is 4.60. The van der Waals surface area contributed by atoms with E-state index in [0.717, 1.165) is 18.7 Å². The summed E-state index contributed by atoms with van der Waals surface area (Å²) in [5.74, 6) is 0.263. The molecule has 2 aromatic rings. The molecular weight excluding hydrogens is 394 g/mol. The molecule has 2 saturated heterocycles. The maximum absolute atomic E-state index is 12.9. The van der Waals surface area contributed by atoms with Crippen LogP contribution in [-0.2, 0) is 22.4 Å². The lowest BCUT2D eigenvalue weighted by atomic mass is 10.0. The van der Waals surface area contributed by atoms with Gasteiger partial charge in [-0.3, -0.25) is 9.59 Å². The number of β-amino-alcohol motifs (C(OH)–C–C–N with tert-alkyl or cyclic N) is 1. The molecule has 3 heterocycles. The molecule has 166 valence electrons. The number of piperidine rings is 1. The Bertz CT molecular complexity index is 902. The molecule has 0 unspecified atom stereocenters. The summed E-state index contributed by atoms with van der Waals surface area (Å²) in [6, 6.07) is 9.61. The normalized spacial score (nSPS) is 21.5. The SMILES string of the molecule is Cc1cc(CC(=O)N2C[C@H](O)C[C@H]2C(=O)CCc2ccc(N3CCCCC3)cc2)on1. The first-order valence-corrected chi connectivity index (χ1v) is 11.3. The van der Waals surface area contributed by atoms with Gasteiger partial charge in [-0.25, -0.2) is 0 Å². The molecule has 0 spiro atoms. The summed E-state index contributed by atoms with van der Waals surface area (Å²) in [6.07, 6.45) is 4.47. The number of aryl methyl sites for hydroxylation is 2. The van der Waals surface area contributed by atoms with E-state index in [9.17, 15) is 14.7 Å². The van der Waals surface area contributed by atoms with Gasteiger partial charge in [0.05, 0.1) is 24.3 Å². The van der Waals surface area contributed by atoms with Gasteiger partial charge in [0.2, 0.25) is 5.91 Å². The minimum atomic E-state index is -0.668. The Morgan fingerprint density at radius 2 is 1.90 bits per heavy atom. The van der Waals surface area contributed by atoms with Gasteiger partial charge >= 0.3 is 0 Å². The molecule has 0 bridgehead atoms. The van der Waals surface area contributed by atoms with E-state index < -0.39 is 12.1 Å². The molecule has 7 nitrogen and oxygen atoms in total. The van der Waals surface area contributed by atoms with E-state index in [1.165, 1.54) is 29.8 Å². The minimum absolute atomic E-state index is 0.00115. The zero-order valence-corrected chi connectivity index (χ0v) is 18.1. The van der Waals surface area contributed by atoms with Crippen LogP contribution in [0.5, 0.6) is 0 Å². The Kier molecular flexibility index (Phi) is 6.70. The van der Waals surface area contributed by atoms with E-state index in [2.05, 4.69) is 34.3 Å². The maximum Gasteiger partial charge on any atom is 0.231 e. The van der Waals surface area contributed by atoms with Crippen molar-refractivity contribution in [1.82, 2.24) is 10.1 Å². The van der Waals surface area contributed by atoms with Gasteiger partial charge in [-0.1, -0.05) is 17.3 Å². The number of likely N-dealkylation sites (tertiary alicyclic amines) is 1. The van der Waals surface area contributed by atoms with Gasteiger partial charge in [-0.2, -0.15) is 0 Å². The van der Waals surface area contributed by atoms with E-state index in [-0.39, 0.29) is 24.7 Å². The molecule has 0 radical (unpaired) electrons. The number of ketones is 1. The maximum atomic E-state index is 12.9. The lowest BCUT2D eigenvalue weighted by Gasteiger charge is -2.28. The molecule has 1 amide bonds. The van der Waals surface area contributed by atoms with Gasteiger partial charge in [-0.05, 0) is 50.3 Å². The first-order valence-electron chi connectivity index (χ1n) is 11.3. The van der Waals surface area contributed by atoms with Crippen molar-refractivity contribution in [1.29, 1.82) is 0 Å². The number of carbonyl (C=O) groups is 2. The molecule has 31 heavy (non-hydrogen) atoms. The molecule has 2 aliphatic rings. The lowest BCUT2D eigenvalue weighted by Crippen LogP contribution is -2.41. The number of aliphatic hydroxyl groups is 1. The summed E-state index contributed by atoms with van der Waals surface area (Å²) in [5, 5.41) is 13.9. The van der Waals surface area contributed by atoms with E-state index >= 15 is 0 Å². The highest BCUT2D eigenvalue weighted by atomic mass is 16.5. The Hall–Kier alpha value is -2.67. The third-order valence-electron chi connectivity index (χ3n) is 6.29. The smallest absolute Gasteiger partial charge is 0.231 e. The van der Waals surface area contributed by atoms with E-state index in [0.29, 0.717) is 30.7 Å². The zero-order chi connectivity index (χ0) is 21.8. The molecular formula is C24H31N3O4. The first kappa shape index (κ1) is 21.6. The predicted octanol–water partition coefficient (Wildman–Crippen LogP) is 2.68. The number of aromatic nitrogens is 1. The van der Waals surface area contributed by atoms with Crippen LogP contribution in [0.4, 0.5) is 5.69 Å². The Morgan fingerprint density at radius 3 is 2.58 bits per heavy atom. The summed E-state index contributed by atoms with van der Waals surface area (Å²) >= 11 is 0. The van der Waals surface area contributed by atoms with Crippen LogP contribution in [0.15, 0.2) is 34.9 Å². The van der Waals surface area contributed by atoms with E-state index in [4.69, 9.17) is 4.52 Å². The van der Waals surface area contributed by atoms with Gasteiger partial charge in [0.1, 0.15) is 5.76 Å². The summed E-state index contributed by atoms with van der Waals surface area (Å²) < 4.78 is 5.13. The highest BCUT2D eigenvalue weighted by Crippen LogP contribution is 2.24. The van der Waals surface area contributed by atoms with Gasteiger partial charge in [0, 0.05) is 44.2 Å². The number of rotatable bonds is 7. The lowest BCUT2D eigenvalue weighted by molar-refractivity contribution is -0.137. The van der Waals surface area contributed by atoms with E-state index in [1.807, 2.05) is 0 Å². The fourth-order valence-corrected chi connectivity index (χ4v) is 4.60. The number of benzene rings is 1. The van der Waals surface area contributed by atoms with Gasteiger partial charge < -0.3 is 19.4 Å². The molecule has 2 atom stereocenters. The van der Waals surface area contributed by atoms with Gasteiger partial charge in [0.15, 0.2) is 5.78 Å². The number of nitrogens with zero attached hydrogens (tertiary/aromatic N) is 3. The molecule has 1 N–H and O–H groups in total. The van der Waals surface area contributed by atoms with Crippen molar-refractivity contribution < 1.29 is 19.2 Å². The average Bonchev–Trinajstić information content (AvgIpc) is 3.38. The van der Waals surface area contributed by atoms with Crippen molar-refractivity contribution in [3.63, 3.8) is 0 Å². The van der Waals surface area contributed by atoms with Crippen LogP contribution in [0.25, 0.3) is 0 Å². The Balaban J connectivity index is 1.32. The van der Waals surface area contributed by atoms with Crippen molar-refractivity contribution in [3.8, 4) is 0 Å². The highest BCUT2D eigenvalue weighted by Gasteiger charge is 2.38. The number of aliphatic hydroxyl groups excluding tert-OH is 1. The molecule has 2 aliphatic heterocycles. The van der Waals surface area contributed by atoms with Crippen molar-refractivity contribution >= 4 is 17.4 Å². The average molecular weight is 426 g/mol. The molecule has 2 fully saturated rings. The first-order chi connectivity index (χ1) is 15.0. The minimum Gasteiger partial charge on any atom is -0.391 e. The fraction of sp³-hybridized carbons (Fsp3) is 0.542. The number of hydrogen-bond donors (Lipinski definition) is 1. The summed E-state index contributed by atoms with van der Waals surface area (Å²) in [5.41, 5.74) is 3.07. The predicted molar refractivity (Wildman–Crippen MR) is 117 cm³/mol. The Labute approximate surface area is 183 Å². The number of amides is 1. The second-order valence-electron chi connectivity index (χ2n) is 8.74. The molecule has 1 aromatic heterocycles. The Morgan fingerprint density at radius 1 is 1.16 bits per heavy atom. The van der Waals surface area contributed by atoms with Crippen molar-refractivity contribution in [3.05, 3.63) is 47.3 Å². The number of Topliss-reactive ketones (excluding diaryl/α,β-unsaturated/α-hetero) is 1. The van der Waals surface area contributed by atoms with Crippen molar-refractivity contribution in [2.75, 3.05) is 24.5 Å². The molecule has 7 heteroatoms. The van der Waals surface area contributed by atoms with Crippen molar-refractivity contribution in [2.24, 2.45) is 0 Å². The topological polar surface area (TPSA) is 86.9 Å². The van der Waals surface area contributed by atoms with Crippen LogP contribution >= 0.6 is 0 Å². The summed E-state index contributed by atoms with van der Waals surface area (Å²) in [6.45, 7) is 4.20. The monoisotopic (exact) mass is 425 g/mol. The second-order valence-corrected chi connectivity index (χ2v) is 8.74. The third-order valence-corrected chi connectivity index (χ3v) is 6.29.